The Hall–Kier alpha value is -0.970. The molecule has 0 heterocycles. The highest BCUT2D eigenvalue weighted by molar-refractivity contribution is 7.89. The van der Waals surface area contributed by atoms with Crippen LogP contribution in [0, 0.1) is 0 Å². The van der Waals surface area contributed by atoms with Gasteiger partial charge >= 0.3 is 6.18 Å². The maximum absolute atomic E-state index is 12.9. The minimum absolute atomic E-state index is 0.488. The highest BCUT2D eigenvalue weighted by Crippen LogP contribution is 2.37. The highest BCUT2D eigenvalue weighted by Gasteiger charge is 2.39. The molecule has 0 aliphatic rings. The van der Waals surface area contributed by atoms with E-state index in [1.165, 1.54) is 4.72 Å². The second kappa shape index (κ2) is 6.03. The smallest absolute Gasteiger partial charge is 0.325 e. The van der Waals surface area contributed by atoms with E-state index in [0.717, 1.165) is 12.1 Å². The molecule has 0 saturated heterocycles. The lowest BCUT2D eigenvalue weighted by molar-refractivity contribution is -0.139. The molecule has 0 aliphatic heterocycles. The van der Waals surface area contributed by atoms with Crippen molar-refractivity contribution in [3.8, 4) is 0 Å². The summed E-state index contributed by atoms with van der Waals surface area (Å²) in [6.45, 7) is -2.60. The van der Waals surface area contributed by atoms with Gasteiger partial charge in [-0.2, -0.15) is 13.2 Å². The third-order valence-electron chi connectivity index (χ3n) is 2.36. The lowest BCUT2D eigenvalue weighted by Crippen LogP contribution is -2.41. The third kappa shape index (κ3) is 4.50. The monoisotopic (exact) mass is 352 g/mol. The molecule has 0 aliphatic carbocycles. The van der Waals surface area contributed by atoms with Crippen molar-refractivity contribution in [1.82, 2.24) is 4.72 Å². The number of halogens is 6. The van der Waals surface area contributed by atoms with Crippen LogP contribution in [0.15, 0.2) is 23.1 Å². The van der Waals surface area contributed by atoms with E-state index in [2.05, 4.69) is 0 Å². The summed E-state index contributed by atoms with van der Waals surface area (Å²) in [5.41, 5.74) is 3.17. The minimum atomic E-state index is -5.01. The molecule has 0 bridgehead atoms. The molecule has 21 heavy (non-hydrogen) atoms. The van der Waals surface area contributed by atoms with E-state index in [1.54, 1.807) is 0 Å². The fraction of sp³-hybridized carbons (Fsp3) is 0.400. The van der Waals surface area contributed by atoms with Gasteiger partial charge in [-0.05, 0) is 12.1 Å². The zero-order valence-electron chi connectivity index (χ0n) is 10.2. The number of rotatable bonds is 5. The van der Waals surface area contributed by atoms with E-state index in [-0.39, 0.29) is 0 Å². The van der Waals surface area contributed by atoms with Gasteiger partial charge in [0, 0.05) is 0 Å². The van der Waals surface area contributed by atoms with Gasteiger partial charge in [-0.3, -0.25) is 0 Å². The largest absolute Gasteiger partial charge is 0.417 e. The molecule has 0 spiro atoms. The number of benzene rings is 1. The van der Waals surface area contributed by atoms with Gasteiger partial charge in [0.2, 0.25) is 10.0 Å². The minimum Gasteiger partial charge on any atom is -0.325 e. The molecule has 1 rings (SSSR count). The van der Waals surface area contributed by atoms with Gasteiger partial charge in [-0.1, -0.05) is 17.7 Å². The summed E-state index contributed by atoms with van der Waals surface area (Å²) >= 11 is 5.47. The van der Waals surface area contributed by atoms with Gasteiger partial charge < -0.3 is 5.73 Å². The van der Waals surface area contributed by atoms with Crippen molar-refractivity contribution in [1.29, 1.82) is 0 Å². The van der Waals surface area contributed by atoms with Crippen molar-refractivity contribution in [2.24, 2.45) is 5.73 Å². The summed E-state index contributed by atoms with van der Waals surface area (Å²) in [6.07, 6.45) is -5.01. The Labute approximate surface area is 122 Å². The molecule has 0 amide bonds. The number of hydrogen-bond donors (Lipinski definition) is 2. The van der Waals surface area contributed by atoms with Crippen LogP contribution in [-0.2, 0) is 16.2 Å². The first-order valence-electron chi connectivity index (χ1n) is 5.34. The Kier molecular flexibility index (Phi) is 5.19. The summed E-state index contributed by atoms with van der Waals surface area (Å²) in [5, 5.41) is -0.728. The second-order valence-corrected chi connectivity index (χ2v) is 6.11. The van der Waals surface area contributed by atoms with Crippen LogP contribution in [0.2, 0.25) is 5.02 Å². The topological polar surface area (TPSA) is 72.2 Å². The van der Waals surface area contributed by atoms with Crippen LogP contribution in [-0.4, -0.2) is 27.4 Å². The Morgan fingerprint density at radius 1 is 1.19 bits per heavy atom. The molecule has 0 fully saturated rings. The summed E-state index contributed by atoms with van der Waals surface area (Å²) in [5.74, 6) is -3.59. The lowest BCUT2D eigenvalue weighted by atomic mass is 10.2. The first-order chi connectivity index (χ1) is 9.41. The van der Waals surface area contributed by atoms with Crippen molar-refractivity contribution in [3.63, 3.8) is 0 Å². The predicted octanol–water partition coefficient (Wildman–Crippen LogP) is 2.23. The third-order valence-corrected chi connectivity index (χ3v) is 4.29. The van der Waals surface area contributed by atoms with E-state index < -0.39 is 50.7 Å². The molecule has 0 unspecified atom stereocenters. The Bertz CT molecular complexity index is 618. The zero-order valence-corrected chi connectivity index (χ0v) is 11.8. The SMILES string of the molecule is NCC(F)(F)CNS(=O)(=O)c1c(Cl)cccc1C(F)(F)F. The Morgan fingerprint density at radius 3 is 2.24 bits per heavy atom. The number of hydrogen-bond acceptors (Lipinski definition) is 3. The van der Waals surface area contributed by atoms with Gasteiger partial charge in [-0.25, -0.2) is 21.9 Å². The van der Waals surface area contributed by atoms with Crippen LogP contribution in [0.3, 0.4) is 0 Å². The Morgan fingerprint density at radius 2 is 1.76 bits per heavy atom. The molecular formula is C10H10ClF5N2O2S. The molecule has 1 aromatic rings. The molecule has 0 aromatic heterocycles. The van der Waals surface area contributed by atoms with E-state index >= 15 is 0 Å². The molecular weight excluding hydrogens is 343 g/mol. The molecule has 120 valence electrons. The van der Waals surface area contributed by atoms with E-state index in [4.69, 9.17) is 17.3 Å². The number of nitrogens with one attached hydrogen (secondary N) is 1. The fourth-order valence-electron chi connectivity index (χ4n) is 1.35. The average Bonchev–Trinajstić information content (AvgIpc) is 2.35. The summed E-state index contributed by atoms with van der Waals surface area (Å²) < 4.78 is 89.2. The standard InChI is InChI=1S/C10H10ClF5N2O2S/c11-7-3-1-2-6(10(14,15)16)8(7)21(19,20)18-5-9(12,13)4-17/h1-3,18H,4-5,17H2. The average molecular weight is 353 g/mol. The summed E-state index contributed by atoms with van der Waals surface area (Å²) in [4.78, 5) is -1.30. The van der Waals surface area contributed by atoms with E-state index in [9.17, 15) is 30.4 Å². The summed E-state index contributed by atoms with van der Waals surface area (Å²) in [7, 11) is -4.89. The molecule has 3 N–H and O–H groups in total. The highest BCUT2D eigenvalue weighted by atomic mass is 35.5. The quantitative estimate of drug-likeness (QED) is 0.798. The normalized spacial score (nSPS) is 13.5. The van der Waals surface area contributed by atoms with Crippen molar-refractivity contribution in [2.75, 3.05) is 13.1 Å². The molecule has 4 nitrogen and oxygen atoms in total. The first kappa shape index (κ1) is 18.1. The fourth-order valence-corrected chi connectivity index (χ4v) is 3.17. The van der Waals surface area contributed by atoms with Gasteiger partial charge in [0.1, 0.15) is 4.90 Å². The van der Waals surface area contributed by atoms with Gasteiger partial charge in [0.25, 0.3) is 5.92 Å². The summed E-state index contributed by atoms with van der Waals surface area (Å²) in [6, 6.07) is 2.30. The lowest BCUT2D eigenvalue weighted by Gasteiger charge is -2.18. The number of sulfonamides is 1. The molecule has 0 atom stereocenters. The maximum Gasteiger partial charge on any atom is 0.417 e. The zero-order chi connectivity index (χ0) is 16.5. The number of nitrogens with two attached hydrogens (primary N) is 1. The van der Waals surface area contributed by atoms with E-state index in [1.807, 2.05) is 0 Å². The van der Waals surface area contributed by atoms with Crippen LogP contribution in [0.1, 0.15) is 5.56 Å². The maximum atomic E-state index is 12.9. The van der Waals surface area contributed by atoms with Crippen LogP contribution < -0.4 is 10.5 Å². The first-order valence-corrected chi connectivity index (χ1v) is 7.20. The predicted molar refractivity (Wildman–Crippen MR) is 65.6 cm³/mol. The molecule has 11 heteroatoms. The number of alkyl halides is 5. The van der Waals surface area contributed by atoms with Crippen LogP contribution >= 0.6 is 11.6 Å². The van der Waals surface area contributed by atoms with Crippen LogP contribution in [0.25, 0.3) is 0 Å². The van der Waals surface area contributed by atoms with Crippen LogP contribution in [0.4, 0.5) is 22.0 Å². The van der Waals surface area contributed by atoms with Crippen molar-refractivity contribution >= 4 is 21.6 Å². The van der Waals surface area contributed by atoms with Crippen LogP contribution in [0.5, 0.6) is 0 Å². The van der Waals surface area contributed by atoms with Gasteiger partial charge in [0.05, 0.1) is 23.7 Å². The van der Waals surface area contributed by atoms with Crippen molar-refractivity contribution in [2.45, 2.75) is 17.0 Å². The molecule has 0 radical (unpaired) electrons. The molecule has 1 aromatic carbocycles. The van der Waals surface area contributed by atoms with Crippen molar-refractivity contribution in [3.05, 3.63) is 28.8 Å². The second-order valence-electron chi connectivity index (χ2n) is 4.00. The van der Waals surface area contributed by atoms with Gasteiger partial charge in [-0.15, -0.1) is 0 Å². The Balaban J connectivity index is 3.27. The van der Waals surface area contributed by atoms with Crippen molar-refractivity contribution < 1.29 is 30.4 Å². The molecule has 0 saturated carbocycles. The van der Waals surface area contributed by atoms with Gasteiger partial charge in [0.15, 0.2) is 0 Å². The van der Waals surface area contributed by atoms with E-state index in [0.29, 0.717) is 6.07 Å².